The zero-order valence-electron chi connectivity index (χ0n) is 7.08. The minimum atomic E-state index is -0.994. The van der Waals surface area contributed by atoms with Gasteiger partial charge in [-0.3, -0.25) is 4.79 Å². The molecular formula is C8H14N2O2. The molecule has 0 aromatic rings. The maximum atomic E-state index is 10.3. The van der Waals surface area contributed by atoms with E-state index in [1.54, 1.807) is 6.92 Å². The van der Waals surface area contributed by atoms with Gasteiger partial charge in [-0.05, 0) is 19.8 Å². The van der Waals surface area contributed by atoms with Crippen LogP contribution in [0.3, 0.4) is 0 Å². The van der Waals surface area contributed by atoms with Crippen LogP contribution in [-0.4, -0.2) is 23.2 Å². The molecule has 4 nitrogen and oxygen atoms in total. The van der Waals surface area contributed by atoms with Crippen molar-refractivity contribution in [3.63, 3.8) is 0 Å². The van der Waals surface area contributed by atoms with Crippen molar-refractivity contribution in [2.45, 2.75) is 31.8 Å². The van der Waals surface area contributed by atoms with Crippen molar-refractivity contribution >= 4 is 5.97 Å². The summed E-state index contributed by atoms with van der Waals surface area (Å²) in [7, 11) is 0. The second kappa shape index (κ2) is 5.58. The molecule has 0 aromatic carbocycles. The monoisotopic (exact) mass is 170 g/mol. The van der Waals surface area contributed by atoms with E-state index in [0.717, 1.165) is 0 Å². The highest BCUT2D eigenvalue weighted by Gasteiger charge is 2.11. The third kappa shape index (κ3) is 4.72. The molecule has 4 heteroatoms. The molecule has 68 valence electrons. The Bertz CT molecular complexity index is 205. The Kier molecular flexibility index (Phi) is 5.09. The fourth-order valence-corrected chi connectivity index (χ4v) is 0.740. The van der Waals surface area contributed by atoms with Gasteiger partial charge in [0.2, 0.25) is 0 Å². The fraction of sp³-hybridized carbons (Fsp3) is 0.625. The van der Waals surface area contributed by atoms with E-state index < -0.39 is 12.0 Å². The standard InChI is InChI=1S/C8H14N2O2/c1-2-3-6(9)4-5-7(10)8(11)12/h6-7H,4-5,9-10H2,1H3,(H,11,12). The summed E-state index contributed by atoms with van der Waals surface area (Å²) in [6, 6.07) is -1.09. The van der Waals surface area contributed by atoms with Gasteiger partial charge in [0.25, 0.3) is 0 Å². The molecule has 0 fully saturated rings. The second-order valence-electron chi connectivity index (χ2n) is 2.52. The molecule has 0 saturated carbocycles. The average Bonchev–Trinajstić information content (AvgIpc) is 2.00. The van der Waals surface area contributed by atoms with Gasteiger partial charge < -0.3 is 16.6 Å². The lowest BCUT2D eigenvalue weighted by Crippen LogP contribution is -2.32. The zero-order valence-corrected chi connectivity index (χ0v) is 7.08. The third-order valence-electron chi connectivity index (χ3n) is 1.44. The molecule has 0 rings (SSSR count). The molecule has 0 amide bonds. The van der Waals surface area contributed by atoms with Crippen molar-refractivity contribution in [1.29, 1.82) is 0 Å². The van der Waals surface area contributed by atoms with E-state index in [0.29, 0.717) is 12.8 Å². The topological polar surface area (TPSA) is 89.3 Å². The van der Waals surface area contributed by atoms with Crippen LogP contribution in [0.2, 0.25) is 0 Å². The molecule has 2 atom stereocenters. The number of aliphatic carboxylic acids is 1. The quantitative estimate of drug-likeness (QED) is 0.497. The first-order chi connectivity index (χ1) is 5.57. The number of hydrogen-bond donors (Lipinski definition) is 3. The van der Waals surface area contributed by atoms with Crippen LogP contribution in [0.4, 0.5) is 0 Å². The molecule has 5 N–H and O–H groups in total. The number of nitrogens with two attached hydrogens (primary N) is 2. The Morgan fingerprint density at radius 3 is 2.50 bits per heavy atom. The summed E-state index contributed by atoms with van der Waals surface area (Å²) in [5, 5.41) is 8.42. The van der Waals surface area contributed by atoms with E-state index in [1.807, 2.05) is 0 Å². The lowest BCUT2D eigenvalue weighted by molar-refractivity contribution is -0.138. The van der Waals surface area contributed by atoms with Crippen molar-refractivity contribution < 1.29 is 9.90 Å². The molecule has 0 spiro atoms. The Morgan fingerprint density at radius 1 is 1.50 bits per heavy atom. The molecule has 0 aliphatic rings. The Hall–Kier alpha value is -1.05. The Balaban J connectivity index is 3.65. The van der Waals surface area contributed by atoms with Crippen molar-refractivity contribution in [1.82, 2.24) is 0 Å². The highest BCUT2D eigenvalue weighted by Crippen LogP contribution is 1.97. The van der Waals surface area contributed by atoms with Crippen molar-refractivity contribution in [3.05, 3.63) is 0 Å². The van der Waals surface area contributed by atoms with Gasteiger partial charge in [0.05, 0.1) is 6.04 Å². The summed E-state index contributed by atoms with van der Waals surface area (Å²) in [6.45, 7) is 1.69. The average molecular weight is 170 g/mol. The van der Waals surface area contributed by atoms with Crippen LogP contribution in [0.1, 0.15) is 19.8 Å². The highest BCUT2D eigenvalue weighted by atomic mass is 16.4. The number of carbonyl (C=O) groups is 1. The summed E-state index contributed by atoms with van der Waals surface area (Å²) in [5.74, 6) is 4.38. The number of rotatable bonds is 4. The predicted octanol–water partition coefficient (Wildman–Crippen LogP) is -0.471. The third-order valence-corrected chi connectivity index (χ3v) is 1.44. The van der Waals surface area contributed by atoms with Gasteiger partial charge in [-0.1, -0.05) is 5.92 Å². The lowest BCUT2D eigenvalue weighted by Gasteiger charge is -2.07. The van der Waals surface area contributed by atoms with E-state index in [2.05, 4.69) is 11.8 Å². The van der Waals surface area contributed by atoms with E-state index in [9.17, 15) is 4.79 Å². The Labute approximate surface area is 71.9 Å². The summed E-state index contributed by atoms with van der Waals surface area (Å²) >= 11 is 0. The van der Waals surface area contributed by atoms with Crippen LogP contribution in [0.5, 0.6) is 0 Å². The van der Waals surface area contributed by atoms with Crippen LogP contribution < -0.4 is 11.5 Å². The molecule has 0 saturated heterocycles. The van der Waals surface area contributed by atoms with E-state index in [-0.39, 0.29) is 6.04 Å². The summed E-state index contributed by atoms with van der Waals surface area (Å²) in [4.78, 5) is 10.3. The zero-order chi connectivity index (χ0) is 9.56. The Morgan fingerprint density at radius 2 is 2.08 bits per heavy atom. The van der Waals surface area contributed by atoms with Gasteiger partial charge in [-0.2, -0.15) is 0 Å². The number of hydrogen-bond acceptors (Lipinski definition) is 3. The summed E-state index contributed by atoms with van der Waals surface area (Å²) < 4.78 is 0. The fourth-order valence-electron chi connectivity index (χ4n) is 0.740. The number of carboxylic acid groups (broad SMARTS) is 1. The van der Waals surface area contributed by atoms with E-state index in [1.165, 1.54) is 0 Å². The molecule has 12 heavy (non-hydrogen) atoms. The molecule has 0 aromatic heterocycles. The molecule has 0 aliphatic heterocycles. The van der Waals surface area contributed by atoms with Gasteiger partial charge in [-0.15, -0.1) is 5.92 Å². The maximum Gasteiger partial charge on any atom is 0.320 e. The minimum Gasteiger partial charge on any atom is -0.480 e. The smallest absolute Gasteiger partial charge is 0.320 e. The SMILES string of the molecule is CC#CC(N)CCC(N)C(=O)O. The van der Waals surface area contributed by atoms with Gasteiger partial charge in [0.1, 0.15) is 6.04 Å². The first-order valence-corrected chi connectivity index (χ1v) is 3.74. The van der Waals surface area contributed by atoms with Crippen LogP contribution in [-0.2, 0) is 4.79 Å². The highest BCUT2D eigenvalue weighted by molar-refractivity contribution is 5.72. The van der Waals surface area contributed by atoms with Gasteiger partial charge >= 0.3 is 5.97 Å². The van der Waals surface area contributed by atoms with Crippen LogP contribution in [0.25, 0.3) is 0 Å². The van der Waals surface area contributed by atoms with Crippen LogP contribution in [0.15, 0.2) is 0 Å². The molecular weight excluding hydrogens is 156 g/mol. The summed E-state index contributed by atoms with van der Waals surface area (Å²) in [6.07, 6.45) is 0.888. The van der Waals surface area contributed by atoms with Crippen molar-refractivity contribution in [2.75, 3.05) is 0 Å². The molecule has 0 radical (unpaired) electrons. The largest absolute Gasteiger partial charge is 0.480 e. The van der Waals surface area contributed by atoms with E-state index in [4.69, 9.17) is 16.6 Å². The van der Waals surface area contributed by atoms with Gasteiger partial charge in [-0.25, -0.2) is 0 Å². The van der Waals surface area contributed by atoms with E-state index >= 15 is 0 Å². The molecule has 2 unspecified atom stereocenters. The predicted molar refractivity (Wildman–Crippen MR) is 46.3 cm³/mol. The number of carboxylic acids is 1. The van der Waals surface area contributed by atoms with Crippen molar-refractivity contribution in [2.24, 2.45) is 11.5 Å². The first kappa shape index (κ1) is 11.0. The van der Waals surface area contributed by atoms with Crippen LogP contribution >= 0.6 is 0 Å². The molecule has 0 bridgehead atoms. The van der Waals surface area contributed by atoms with Gasteiger partial charge in [0, 0.05) is 0 Å². The molecule has 0 heterocycles. The lowest BCUT2D eigenvalue weighted by atomic mass is 10.1. The van der Waals surface area contributed by atoms with Gasteiger partial charge in [0.15, 0.2) is 0 Å². The maximum absolute atomic E-state index is 10.3. The normalized spacial score (nSPS) is 14.2. The summed E-state index contributed by atoms with van der Waals surface area (Å²) in [5.41, 5.74) is 10.8. The van der Waals surface area contributed by atoms with Crippen molar-refractivity contribution in [3.8, 4) is 11.8 Å². The van der Waals surface area contributed by atoms with Crippen LogP contribution in [0, 0.1) is 11.8 Å². The first-order valence-electron chi connectivity index (χ1n) is 3.74. The minimum absolute atomic E-state index is 0.264. The molecule has 0 aliphatic carbocycles. The second-order valence-corrected chi connectivity index (χ2v) is 2.52.